The maximum atomic E-state index is 12.6. The third-order valence-corrected chi connectivity index (χ3v) is 5.65. The van der Waals surface area contributed by atoms with Gasteiger partial charge in [-0.2, -0.15) is 0 Å². The van der Waals surface area contributed by atoms with Gasteiger partial charge in [0, 0.05) is 23.7 Å². The fourth-order valence-corrected chi connectivity index (χ4v) is 3.74. The minimum atomic E-state index is -0.247. The van der Waals surface area contributed by atoms with E-state index in [9.17, 15) is 9.59 Å². The van der Waals surface area contributed by atoms with Crippen LogP contribution in [0.2, 0.25) is 5.02 Å². The average Bonchev–Trinajstić information content (AvgIpc) is 2.77. The number of nitrogens with zero attached hydrogens (tertiary/aromatic N) is 3. The van der Waals surface area contributed by atoms with Gasteiger partial charge in [-0.15, -0.1) is 0 Å². The third-order valence-electron chi connectivity index (χ3n) is 5.40. The quantitative estimate of drug-likeness (QED) is 0.588. The minimum absolute atomic E-state index is 0.0412. The first-order valence-corrected chi connectivity index (χ1v) is 10.3. The molecule has 1 saturated heterocycles. The highest BCUT2D eigenvalue weighted by atomic mass is 35.5. The van der Waals surface area contributed by atoms with Crippen LogP contribution in [0.4, 0.5) is 0 Å². The second-order valence-electron chi connectivity index (χ2n) is 7.43. The van der Waals surface area contributed by atoms with E-state index in [0.29, 0.717) is 42.2 Å². The molecule has 0 aliphatic carbocycles. The highest BCUT2D eigenvalue weighted by Crippen LogP contribution is 2.22. The molecule has 1 aliphatic heterocycles. The van der Waals surface area contributed by atoms with Gasteiger partial charge in [-0.25, -0.2) is 9.97 Å². The number of amides is 1. The van der Waals surface area contributed by atoms with Crippen molar-refractivity contribution >= 4 is 34.5 Å². The van der Waals surface area contributed by atoms with E-state index in [1.165, 1.54) is 0 Å². The summed E-state index contributed by atoms with van der Waals surface area (Å²) in [4.78, 5) is 36.0. The summed E-state index contributed by atoms with van der Waals surface area (Å²) in [7, 11) is 0. The molecule has 0 bridgehead atoms. The van der Waals surface area contributed by atoms with Crippen molar-refractivity contribution < 1.29 is 14.3 Å². The minimum Gasteiger partial charge on any atom is -0.459 e. The first-order valence-electron chi connectivity index (χ1n) is 9.95. The average molecular weight is 424 g/mol. The molecule has 0 saturated carbocycles. The normalized spacial score (nSPS) is 14.7. The predicted molar refractivity (Wildman–Crippen MR) is 114 cm³/mol. The van der Waals surface area contributed by atoms with E-state index in [2.05, 4.69) is 9.97 Å². The Morgan fingerprint density at radius 3 is 2.33 bits per heavy atom. The van der Waals surface area contributed by atoms with E-state index in [0.717, 1.165) is 16.7 Å². The molecule has 0 radical (unpaired) electrons. The molecular weight excluding hydrogens is 402 g/mol. The number of piperidine rings is 1. The van der Waals surface area contributed by atoms with Crippen LogP contribution in [0, 0.1) is 12.8 Å². The molecule has 6 nitrogen and oxygen atoms in total. The Balaban J connectivity index is 1.32. The number of fused-ring (bicyclic) bond motifs is 1. The topological polar surface area (TPSA) is 72.4 Å². The molecule has 0 atom stereocenters. The summed E-state index contributed by atoms with van der Waals surface area (Å²) in [6, 6.07) is 14.5. The molecule has 3 aromatic rings. The molecule has 154 valence electrons. The van der Waals surface area contributed by atoms with Crippen molar-refractivity contribution in [2.45, 2.75) is 26.4 Å². The largest absolute Gasteiger partial charge is 0.459 e. The Morgan fingerprint density at radius 1 is 1.03 bits per heavy atom. The number of para-hydroxylation sites is 2. The lowest BCUT2D eigenvalue weighted by Gasteiger charge is -2.31. The zero-order chi connectivity index (χ0) is 21.1. The number of esters is 1. The standard InChI is InChI=1S/C23H22ClN3O3/c1-15-21(26-20-5-3-2-4-19(20)25-15)14-30-23(29)17-10-12-27(13-11-17)22(28)16-6-8-18(24)9-7-16/h2-9,17H,10-14H2,1H3. The molecular formula is C23H22ClN3O3. The van der Waals surface area contributed by atoms with Gasteiger partial charge in [0.2, 0.25) is 0 Å². The fourth-order valence-electron chi connectivity index (χ4n) is 3.61. The van der Waals surface area contributed by atoms with Crippen LogP contribution in [0.5, 0.6) is 0 Å². The zero-order valence-corrected chi connectivity index (χ0v) is 17.4. The summed E-state index contributed by atoms with van der Waals surface area (Å²) in [5.41, 5.74) is 3.62. The molecule has 0 unspecified atom stereocenters. The third kappa shape index (κ3) is 4.44. The molecule has 1 fully saturated rings. The van der Waals surface area contributed by atoms with Gasteiger partial charge < -0.3 is 9.64 Å². The highest BCUT2D eigenvalue weighted by Gasteiger charge is 2.29. The second-order valence-corrected chi connectivity index (χ2v) is 7.86. The monoisotopic (exact) mass is 423 g/mol. The van der Waals surface area contributed by atoms with Gasteiger partial charge >= 0.3 is 5.97 Å². The SMILES string of the molecule is Cc1nc2ccccc2nc1COC(=O)C1CCN(C(=O)c2ccc(Cl)cc2)CC1. The maximum absolute atomic E-state index is 12.6. The van der Waals surface area contributed by atoms with Gasteiger partial charge in [-0.1, -0.05) is 23.7 Å². The highest BCUT2D eigenvalue weighted by molar-refractivity contribution is 6.30. The molecule has 2 heterocycles. The Labute approximate surface area is 179 Å². The maximum Gasteiger partial charge on any atom is 0.309 e. The summed E-state index contributed by atoms with van der Waals surface area (Å²) in [5.74, 6) is -0.503. The lowest BCUT2D eigenvalue weighted by molar-refractivity contribution is -0.151. The van der Waals surface area contributed by atoms with Crippen LogP contribution in [0.1, 0.15) is 34.6 Å². The van der Waals surface area contributed by atoms with Crippen molar-refractivity contribution in [3.8, 4) is 0 Å². The first-order chi connectivity index (χ1) is 14.5. The van der Waals surface area contributed by atoms with Crippen LogP contribution in [-0.4, -0.2) is 39.8 Å². The smallest absolute Gasteiger partial charge is 0.309 e. The van der Waals surface area contributed by atoms with Crippen LogP contribution in [0.25, 0.3) is 11.0 Å². The number of aryl methyl sites for hydroxylation is 1. The predicted octanol–water partition coefficient (Wildman–Crippen LogP) is 4.19. The van der Waals surface area contributed by atoms with Gasteiger partial charge in [0.25, 0.3) is 5.91 Å². The molecule has 0 N–H and O–H groups in total. The molecule has 30 heavy (non-hydrogen) atoms. The lowest BCUT2D eigenvalue weighted by atomic mass is 9.96. The van der Waals surface area contributed by atoms with Gasteiger partial charge in [0.15, 0.2) is 0 Å². The number of ether oxygens (including phenoxy) is 1. The number of hydrogen-bond acceptors (Lipinski definition) is 5. The van der Waals surface area contributed by atoms with E-state index in [1.807, 2.05) is 31.2 Å². The molecule has 1 aliphatic rings. The van der Waals surface area contributed by atoms with Crippen LogP contribution >= 0.6 is 11.6 Å². The number of carbonyl (C=O) groups excluding carboxylic acids is 2. The molecule has 2 aromatic carbocycles. The molecule has 0 spiro atoms. The number of likely N-dealkylation sites (tertiary alicyclic amines) is 1. The van der Waals surface area contributed by atoms with E-state index >= 15 is 0 Å². The van der Waals surface area contributed by atoms with E-state index in [4.69, 9.17) is 16.3 Å². The zero-order valence-electron chi connectivity index (χ0n) is 16.7. The lowest BCUT2D eigenvalue weighted by Crippen LogP contribution is -2.40. The van der Waals surface area contributed by atoms with Crippen molar-refractivity contribution in [3.05, 3.63) is 70.5 Å². The summed E-state index contributed by atoms with van der Waals surface area (Å²) in [5, 5.41) is 0.597. The van der Waals surface area contributed by atoms with Crippen LogP contribution in [0.15, 0.2) is 48.5 Å². The van der Waals surface area contributed by atoms with Crippen molar-refractivity contribution in [2.75, 3.05) is 13.1 Å². The summed E-state index contributed by atoms with van der Waals surface area (Å²) < 4.78 is 5.53. The van der Waals surface area contributed by atoms with Gasteiger partial charge in [0.05, 0.1) is 28.3 Å². The molecule has 1 aromatic heterocycles. The van der Waals surface area contributed by atoms with Gasteiger partial charge in [-0.05, 0) is 56.2 Å². The summed E-state index contributed by atoms with van der Waals surface area (Å²) in [6.45, 7) is 3.02. The van der Waals surface area contributed by atoms with Crippen LogP contribution in [0.3, 0.4) is 0 Å². The van der Waals surface area contributed by atoms with Gasteiger partial charge in [-0.3, -0.25) is 9.59 Å². The Kier molecular flexibility index (Phi) is 5.95. The first kappa shape index (κ1) is 20.3. The number of benzene rings is 2. The number of hydrogen-bond donors (Lipinski definition) is 0. The van der Waals surface area contributed by atoms with Crippen LogP contribution < -0.4 is 0 Å². The molecule has 1 amide bonds. The summed E-state index contributed by atoms with van der Waals surface area (Å²) >= 11 is 5.88. The molecule has 7 heteroatoms. The van der Waals surface area contributed by atoms with Crippen molar-refractivity contribution in [3.63, 3.8) is 0 Å². The Morgan fingerprint density at radius 2 is 1.67 bits per heavy atom. The molecule has 4 rings (SSSR count). The number of halogens is 1. The number of rotatable bonds is 4. The van der Waals surface area contributed by atoms with Gasteiger partial charge in [0.1, 0.15) is 6.61 Å². The summed E-state index contributed by atoms with van der Waals surface area (Å²) in [6.07, 6.45) is 1.17. The fraction of sp³-hybridized carbons (Fsp3) is 0.304. The number of aromatic nitrogens is 2. The van der Waals surface area contributed by atoms with E-state index < -0.39 is 0 Å². The van der Waals surface area contributed by atoms with Crippen molar-refractivity contribution in [1.82, 2.24) is 14.9 Å². The Bertz CT molecular complexity index is 1080. The van der Waals surface area contributed by atoms with E-state index in [1.54, 1.807) is 29.2 Å². The van der Waals surface area contributed by atoms with Crippen molar-refractivity contribution in [2.24, 2.45) is 5.92 Å². The Hall–Kier alpha value is -2.99. The van der Waals surface area contributed by atoms with Crippen LogP contribution in [-0.2, 0) is 16.1 Å². The number of carbonyl (C=O) groups is 2. The second kappa shape index (κ2) is 8.79. The van der Waals surface area contributed by atoms with E-state index in [-0.39, 0.29) is 24.4 Å². The van der Waals surface area contributed by atoms with Crippen molar-refractivity contribution in [1.29, 1.82) is 0 Å².